The molecule has 5 heteroatoms. The van der Waals surface area contributed by atoms with Crippen LogP contribution >= 0.6 is 11.3 Å². The molecule has 2 aromatic rings. The highest BCUT2D eigenvalue weighted by Gasteiger charge is 2.07. The first-order chi connectivity index (χ1) is 7.79. The largest absolute Gasteiger partial charge is 0.305 e. The van der Waals surface area contributed by atoms with Gasteiger partial charge in [0.2, 0.25) is 0 Å². The van der Waals surface area contributed by atoms with Crippen LogP contribution in [0, 0.1) is 0 Å². The summed E-state index contributed by atoms with van der Waals surface area (Å²) in [6.07, 6.45) is 2.90. The lowest BCUT2D eigenvalue weighted by atomic mass is 10.3. The van der Waals surface area contributed by atoms with Crippen LogP contribution in [0.15, 0.2) is 29.1 Å². The smallest absolute Gasteiger partial charge is 0.257 e. The molecule has 0 saturated heterocycles. The minimum absolute atomic E-state index is 0.108. The van der Waals surface area contributed by atoms with Gasteiger partial charge in [0, 0.05) is 24.2 Å². The second-order valence-electron chi connectivity index (χ2n) is 3.43. The normalized spacial score (nSPS) is 10.3. The van der Waals surface area contributed by atoms with Gasteiger partial charge in [0.25, 0.3) is 5.91 Å². The Morgan fingerprint density at radius 1 is 1.56 bits per heavy atom. The lowest BCUT2D eigenvalue weighted by Gasteiger charge is -1.99. The molecule has 0 aromatic carbocycles. The molecule has 0 bridgehead atoms. The molecule has 0 fully saturated rings. The van der Waals surface area contributed by atoms with Gasteiger partial charge in [-0.25, -0.2) is 0 Å². The first kappa shape index (κ1) is 10.9. The quantitative estimate of drug-likeness (QED) is 0.885. The van der Waals surface area contributed by atoms with Crippen LogP contribution in [0.4, 0.5) is 5.82 Å². The van der Waals surface area contributed by atoms with Crippen LogP contribution in [0.5, 0.6) is 0 Å². The molecule has 0 unspecified atom stereocenters. The van der Waals surface area contributed by atoms with Gasteiger partial charge in [-0.3, -0.25) is 9.48 Å². The van der Waals surface area contributed by atoms with E-state index in [1.54, 1.807) is 12.1 Å². The molecule has 0 aliphatic rings. The number of anilines is 1. The number of aromatic nitrogens is 2. The topological polar surface area (TPSA) is 46.9 Å². The molecule has 0 aliphatic heterocycles. The third-order valence-corrected chi connectivity index (χ3v) is 2.80. The summed E-state index contributed by atoms with van der Waals surface area (Å²) in [6.45, 7) is 2.96. The highest BCUT2D eigenvalue weighted by molar-refractivity contribution is 7.08. The van der Waals surface area contributed by atoms with Gasteiger partial charge in [-0.05, 0) is 17.9 Å². The molecule has 16 heavy (non-hydrogen) atoms. The average Bonchev–Trinajstić information content (AvgIpc) is 2.89. The summed E-state index contributed by atoms with van der Waals surface area (Å²) in [5.41, 5.74) is 0.676. The Morgan fingerprint density at radius 3 is 3.12 bits per heavy atom. The first-order valence-corrected chi connectivity index (χ1v) is 6.11. The number of hydrogen-bond donors (Lipinski definition) is 1. The van der Waals surface area contributed by atoms with Gasteiger partial charge in [0.1, 0.15) is 0 Å². The summed E-state index contributed by atoms with van der Waals surface area (Å²) in [6, 6.07) is 3.60. The molecule has 1 N–H and O–H groups in total. The number of thiophene rings is 1. The van der Waals surface area contributed by atoms with Gasteiger partial charge in [0.15, 0.2) is 5.82 Å². The SMILES string of the molecule is CCCn1ccc(NC(=O)c2ccsc2)n1. The molecule has 0 aliphatic carbocycles. The minimum atomic E-state index is -0.108. The maximum Gasteiger partial charge on any atom is 0.257 e. The fourth-order valence-corrected chi connectivity index (χ4v) is 2.00. The minimum Gasteiger partial charge on any atom is -0.305 e. The Hall–Kier alpha value is -1.62. The van der Waals surface area contributed by atoms with Crippen molar-refractivity contribution < 1.29 is 4.79 Å². The highest BCUT2D eigenvalue weighted by Crippen LogP contribution is 2.09. The summed E-state index contributed by atoms with van der Waals surface area (Å²) in [7, 11) is 0. The van der Waals surface area contributed by atoms with Crippen LogP contribution in [0.1, 0.15) is 23.7 Å². The van der Waals surface area contributed by atoms with E-state index in [0.29, 0.717) is 11.4 Å². The number of hydrogen-bond acceptors (Lipinski definition) is 3. The van der Waals surface area contributed by atoms with E-state index in [1.807, 2.05) is 21.6 Å². The van der Waals surface area contributed by atoms with E-state index in [0.717, 1.165) is 13.0 Å². The summed E-state index contributed by atoms with van der Waals surface area (Å²) >= 11 is 1.51. The van der Waals surface area contributed by atoms with Gasteiger partial charge in [0.05, 0.1) is 5.56 Å². The van der Waals surface area contributed by atoms with E-state index in [9.17, 15) is 4.79 Å². The molecule has 2 heterocycles. The second kappa shape index (κ2) is 4.94. The van der Waals surface area contributed by atoms with Gasteiger partial charge in [-0.1, -0.05) is 6.92 Å². The molecule has 1 amide bonds. The van der Waals surface area contributed by atoms with Crippen LogP contribution in [0.3, 0.4) is 0 Å². The molecule has 0 radical (unpaired) electrons. The lowest BCUT2D eigenvalue weighted by molar-refractivity contribution is 0.102. The average molecular weight is 235 g/mol. The number of nitrogens with one attached hydrogen (secondary N) is 1. The summed E-state index contributed by atoms with van der Waals surface area (Å²) in [5, 5.41) is 10.7. The number of rotatable bonds is 4. The summed E-state index contributed by atoms with van der Waals surface area (Å²) in [4.78, 5) is 11.7. The number of carbonyl (C=O) groups excluding carboxylic acids is 1. The predicted octanol–water partition coefficient (Wildman–Crippen LogP) is 2.61. The fourth-order valence-electron chi connectivity index (χ4n) is 1.36. The molecule has 0 atom stereocenters. The molecular weight excluding hydrogens is 222 g/mol. The van der Waals surface area contributed by atoms with E-state index >= 15 is 0 Å². The molecule has 84 valence electrons. The van der Waals surface area contributed by atoms with E-state index in [4.69, 9.17) is 0 Å². The van der Waals surface area contributed by atoms with Crippen molar-refractivity contribution in [2.24, 2.45) is 0 Å². The van der Waals surface area contributed by atoms with Crippen molar-refractivity contribution >= 4 is 23.1 Å². The Balaban J connectivity index is 2.01. The number of carbonyl (C=O) groups is 1. The Bertz CT molecular complexity index is 461. The zero-order chi connectivity index (χ0) is 11.4. The number of amides is 1. The molecule has 4 nitrogen and oxygen atoms in total. The summed E-state index contributed by atoms with van der Waals surface area (Å²) < 4.78 is 1.82. The van der Waals surface area contributed by atoms with Crippen molar-refractivity contribution in [3.8, 4) is 0 Å². The zero-order valence-electron chi connectivity index (χ0n) is 9.01. The van der Waals surface area contributed by atoms with Crippen LogP contribution in [-0.2, 0) is 6.54 Å². The Kier molecular flexibility index (Phi) is 3.36. The fraction of sp³-hybridized carbons (Fsp3) is 0.273. The van der Waals surface area contributed by atoms with Crippen molar-refractivity contribution in [3.05, 3.63) is 34.7 Å². The van der Waals surface area contributed by atoms with E-state index in [-0.39, 0.29) is 5.91 Å². The first-order valence-electron chi connectivity index (χ1n) is 5.16. The predicted molar refractivity (Wildman–Crippen MR) is 64.8 cm³/mol. The van der Waals surface area contributed by atoms with Crippen molar-refractivity contribution in [1.82, 2.24) is 9.78 Å². The van der Waals surface area contributed by atoms with Gasteiger partial charge >= 0.3 is 0 Å². The lowest BCUT2D eigenvalue weighted by Crippen LogP contribution is -2.11. The monoisotopic (exact) mass is 235 g/mol. The number of aryl methyl sites for hydroxylation is 1. The van der Waals surface area contributed by atoms with Gasteiger partial charge in [-0.15, -0.1) is 0 Å². The molecular formula is C11H13N3OS. The third-order valence-electron chi connectivity index (χ3n) is 2.12. The van der Waals surface area contributed by atoms with Crippen molar-refractivity contribution in [3.63, 3.8) is 0 Å². The van der Waals surface area contributed by atoms with E-state index < -0.39 is 0 Å². The molecule has 2 aromatic heterocycles. The number of nitrogens with zero attached hydrogens (tertiary/aromatic N) is 2. The van der Waals surface area contributed by atoms with Crippen molar-refractivity contribution in [1.29, 1.82) is 0 Å². The Morgan fingerprint density at radius 2 is 2.44 bits per heavy atom. The highest BCUT2D eigenvalue weighted by atomic mass is 32.1. The van der Waals surface area contributed by atoms with Crippen LogP contribution in [0.2, 0.25) is 0 Å². The molecule has 0 spiro atoms. The van der Waals surface area contributed by atoms with E-state index in [2.05, 4.69) is 17.3 Å². The van der Waals surface area contributed by atoms with Gasteiger partial charge < -0.3 is 5.32 Å². The van der Waals surface area contributed by atoms with Crippen LogP contribution in [-0.4, -0.2) is 15.7 Å². The maximum atomic E-state index is 11.7. The molecule has 0 saturated carbocycles. The van der Waals surface area contributed by atoms with E-state index in [1.165, 1.54) is 11.3 Å². The third kappa shape index (κ3) is 2.49. The van der Waals surface area contributed by atoms with Gasteiger partial charge in [-0.2, -0.15) is 16.4 Å². The second-order valence-corrected chi connectivity index (χ2v) is 4.21. The van der Waals surface area contributed by atoms with Crippen molar-refractivity contribution in [2.45, 2.75) is 19.9 Å². The zero-order valence-corrected chi connectivity index (χ0v) is 9.83. The maximum absolute atomic E-state index is 11.7. The van der Waals surface area contributed by atoms with Crippen LogP contribution < -0.4 is 5.32 Å². The summed E-state index contributed by atoms with van der Waals surface area (Å²) in [5.74, 6) is 0.493. The van der Waals surface area contributed by atoms with Crippen LogP contribution in [0.25, 0.3) is 0 Å². The molecule has 2 rings (SSSR count). The van der Waals surface area contributed by atoms with Crippen molar-refractivity contribution in [2.75, 3.05) is 5.32 Å². The standard InChI is InChI=1S/C11H13N3OS/c1-2-5-14-6-3-10(13-14)12-11(15)9-4-7-16-8-9/h3-4,6-8H,2,5H2,1H3,(H,12,13,15). The Labute approximate surface area is 97.9 Å².